The van der Waals surface area contributed by atoms with Crippen molar-refractivity contribution in [1.29, 1.82) is 0 Å². The van der Waals surface area contributed by atoms with E-state index in [9.17, 15) is 0 Å². The Bertz CT molecular complexity index is 379. The lowest BCUT2D eigenvalue weighted by Crippen LogP contribution is -2.00. The molecule has 0 aliphatic heterocycles. The monoisotopic (exact) mass is 274 g/mol. The van der Waals surface area contributed by atoms with E-state index in [1.54, 1.807) is 0 Å². The van der Waals surface area contributed by atoms with E-state index >= 15 is 0 Å². The van der Waals surface area contributed by atoms with Crippen molar-refractivity contribution in [2.75, 3.05) is 0 Å². The van der Waals surface area contributed by atoms with E-state index in [4.69, 9.17) is 0 Å². The third-order valence-electron chi connectivity index (χ3n) is 3.54. The summed E-state index contributed by atoms with van der Waals surface area (Å²) in [5, 5.41) is 0. The zero-order valence-corrected chi connectivity index (χ0v) is 13.5. The normalized spacial score (nSPS) is 11.8. The van der Waals surface area contributed by atoms with Crippen LogP contribution in [0.5, 0.6) is 0 Å². The van der Waals surface area contributed by atoms with Crippen LogP contribution in [0.15, 0.2) is 24.0 Å². The second-order valence-corrected chi connectivity index (χ2v) is 5.54. The molecule has 1 aromatic rings. The molecule has 0 unspecified atom stereocenters. The Balaban J connectivity index is 2.58. The van der Waals surface area contributed by atoms with Gasteiger partial charge in [-0.2, -0.15) is 0 Å². The number of hydrogen-bond acceptors (Lipinski definition) is 2. The van der Waals surface area contributed by atoms with Gasteiger partial charge in [0.2, 0.25) is 0 Å². The van der Waals surface area contributed by atoms with E-state index in [1.165, 1.54) is 56.1 Å². The van der Waals surface area contributed by atoms with E-state index < -0.39 is 0 Å². The third kappa shape index (κ3) is 6.83. The summed E-state index contributed by atoms with van der Waals surface area (Å²) in [6, 6.07) is 0. The average molecular weight is 274 g/mol. The molecule has 0 radical (unpaired) electrons. The van der Waals surface area contributed by atoms with Crippen molar-refractivity contribution in [3.63, 3.8) is 0 Å². The van der Waals surface area contributed by atoms with Crippen LogP contribution in [-0.2, 0) is 12.8 Å². The van der Waals surface area contributed by atoms with Gasteiger partial charge >= 0.3 is 0 Å². The number of nitrogens with zero attached hydrogens (tertiary/aromatic N) is 2. The first-order valence-corrected chi connectivity index (χ1v) is 8.27. The Morgan fingerprint density at radius 3 is 2.30 bits per heavy atom. The van der Waals surface area contributed by atoms with Gasteiger partial charge in [-0.05, 0) is 37.7 Å². The van der Waals surface area contributed by atoms with Crippen molar-refractivity contribution < 1.29 is 0 Å². The van der Waals surface area contributed by atoms with Gasteiger partial charge in [0.1, 0.15) is 5.82 Å². The predicted octanol–water partition coefficient (Wildman–Crippen LogP) is 5.28. The maximum Gasteiger partial charge on any atom is 0.132 e. The van der Waals surface area contributed by atoms with Crippen molar-refractivity contribution in [2.45, 2.75) is 78.6 Å². The molecule has 0 bridgehead atoms. The van der Waals surface area contributed by atoms with Crippen LogP contribution in [0.2, 0.25) is 0 Å². The smallest absolute Gasteiger partial charge is 0.132 e. The molecule has 0 aliphatic rings. The van der Waals surface area contributed by atoms with Crippen molar-refractivity contribution in [1.82, 2.24) is 9.97 Å². The summed E-state index contributed by atoms with van der Waals surface area (Å²) in [7, 11) is 0. The minimum atomic E-state index is 0.925. The van der Waals surface area contributed by atoms with Crippen LogP contribution in [0, 0.1) is 0 Å². The van der Waals surface area contributed by atoms with Gasteiger partial charge in [0.25, 0.3) is 0 Å². The molecule has 0 saturated carbocycles. The van der Waals surface area contributed by atoms with Crippen molar-refractivity contribution in [3.05, 3.63) is 35.4 Å². The van der Waals surface area contributed by atoms with Gasteiger partial charge < -0.3 is 0 Å². The number of aryl methyl sites for hydroxylation is 1. The standard InChI is InChI=1S/C18H30N2/c1-4-7-10-16(11-8-5-2)13-18-19-14-17(15-20-18)12-9-6-3/h10,14-15H,4-9,11-13H2,1-3H3/b16-10+. The fourth-order valence-corrected chi connectivity index (χ4v) is 2.20. The molecule has 1 heterocycles. The summed E-state index contributed by atoms with van der Waals surface area (Å²) in [6.07, 6.45) is 17.0. The predicted molar refractivity (Wildman–Crippen MR) is 86.9 cm³/mol. The first kappa shape index (κ1) is 16.9. The summed E-state index contributed by atoms with van der Waals surface area (Å²) >= 11 is 0. The van der Waals surface area contributed by atoms with Gasteiger partial charge in [-0.3, -0.25) is 0 Å². The highest BCUT2D eigenvalue weighted by Gasteiger charge is 2.03. The fourth-order valence-electron chi connectivity index (χ4n) is 2.20. The molecule has 1 rings (SSSR count). The molecule has 112 valence electrons. The van der Waals surface area contributed by atoms with Gasteiger partial charge in [0.15, 0.2) is 0 Å². The van der Waals surface area contributed by atoms with E-state index in [2.05, 4.69) is 36.8 Å². The fraction of sp³-hybridized carbons (Fsp3) is 0.667. The highest BCUT2D eigenvalue weighted by atomic mass is 14.9. The van der Waals surface area contributed by atoms with Crippen LogP contribution >= 0.6 is 0 Å². The first-order valence-electron chi connectivity index (χ1n) is 8.27. The zero-order valence-electron chi connectivity index (χ0n) is 13.5. The van der Waals surface area contributed by atoms with Gasteiger partial charge in [-0.25, -0.2) is 9.97 Å². The maximum absolute atomic E-state index is 4.54. The third-order valence-corrected chi connectivity index (χ3v) is 3.54. The summed E-state index contributed by atoms with van der Waals surface area (Å²) in [6.45, 7) is 6.69. The molecule has 1 aromatic heterocycles. The number of allylic oxidation sites excluding steroid dienone is 2. The molecule has 0 aliphatic carbocycles. The zero-order chi connectivity index (χ0) is 14.6. The van der Waals surface area contributed by atoms with Gasteiger partial charge in [-0.15, -0.1) is 0 Å². The summed E-state index contributed by atoms with van der Waals surface area (Å²) in [5.74, 6) is 0.976. The molecule has 0 saturated heterocycles. The van der Waals surface area contributed by atoms with E-state index in [-0.39, 0.29) is 0 Å². The van der Waals surface area contributed by atoms with Crippen LogP contribution in [-0.4, -0.2) is 9.97 Å². The topological polar surface area (TPSA) is 25.8 Å². The first-order chi connectivity index (χ1) is 9.80. The average Bonchev–Trinajstić information content (AvgIpc) is 2.49. The summed E-state index contributed by atoms with van der Waals surface area (Å²) < 4.78 is 0. The van der Waals surface area contributed by atoms with E-state index in [0.717, 1.165) is 18.7 Å². The molecular weight excluding hydrogens is 244 g/mol. The highest BCUT2D eigenvalue weighted by molar-refractivity contribution is 5.12. The lowest BCUT2D eigenvalue weighted by molar-refractivity contribution is 0.748. The maximum atomic E-state index is 4.54. The Kier molecular flexibility index (Phi) is 8.93. The molecule has 0 fully saturated rings. The Morgan fingerprint density at radius 2 is 1.70 bits per heavy atom. The minimum absolute atomic E-state index is 0.925. The van der Waals surface area contributed by atoms with Gasteiger partial charge in [0, 0.05) is 18.8 Å². The number of aromatic nitrogens is 2. The Morgan fingerprint density at radius 1 is 1.00 bits per heavy atom. The second-order valence-electron chi connectivity index (χ2n) is 5.54. The molecular formula is C18H30N2. The molecule has 0 spiro atoms. The lowest BCUT2D eigenvalue weighted by Gasteiger charge is -2.07. The van der Waals surface area contributed by atoms with Crippen molar-refractivity contribution in [2.24, 2.45) is 0 Å². The largest absolute Gasteiger partial charge is 0.241 e. The minimum Gasteiger partial charge on any atom is -0.241 e. The second kappa shape index (κ2) is 10.6. The number of hydrogen-bond donors (Lipinski definition) is 0. The number of unbranched alkanes of at least 4 members (excludes halogenated alkanes) is 3. The molecule has 0 N–H and O–H groups in total. The van der Waals surface area contributed by atoms with Crippen LogP contribution in [0.4, 0.5) is 0 Å². The van der Waals surface area contributed by atoms with Crippen molar-refractivity contribution >= 4 is 0 Å². The molecule has 0 amide bonds. The molecule has 20 heavy (non-hydrogen) atoms. The summed E-state index contributed by atoms with van der Waals surface area (Å²) in [5.41, 5.74) is 2.78. The molecule has 2 nitrogen and oxygen atoms in total. The molecule has 2 heteroatoms. The SMILES string of the molecule is CCC/C=C(\CCCC)Cc1ncc(CCCC)cn1. The van der Waals surface area contributed by atoms with Crippen LogP contribution in [0.3, 0.4) is 0 Å². The van der Waals surface area contributed by atoms with Crippen molar-refractivity contribution in [3.8, 4) is 0 Å². The summed E-state index contributed by atoms with van der Waals surface area (Å²) in [4.78, 5) is 9.07. The van der Waals surface area contributed by atoms with E-state index in [0.29, 0.717) is 0 Å². The Hall–Kier alpha value is -1.18. The van der Waals surface area contributed by atoms with E-state index in [1.807, 2.05) is 12.4 Å². The Labute approximate surface area is 124 Å². The molecule has 0 atom stereocenters. The number of rotatable bonds is 10. The highest BCUT2D eigenvalue weighted by Crippen LogP contribution is 2.14. The van der Waals surface area contributed by atoms with Crippen LogP contribution in [0.1, 0.15) is 77.1 Å². The van der Waals surface area contributed by atoms with Gasteiger partial charge in [0.05, 0.1) is 0 Å². The van der Waals surface area contributed by atoms with Crippen LogP contribution < -0.4 is 0 Å². The quantitative estimate of drug-likeness (QED) is 0.543. The van der Waals surface area contributed by atoms with Gasteiger partial charge in [-0.1, -0.05) is 51.7 Å². The lowest BCUT2D eigenvalue weighted by atomic mass is 10.0. The van der Waals surface area contributed by atoms with Crippen LogP contribution in [0.25, 0.3) is 0 Å². The molecule has 0 aromatic carbocycles.